The SMILES string of the molecule is Nc1c(Oc2ccc(F)cc2)ncn(CC2(O)CCN(C(=O)[C@@H]3CCN(C(=O)c4cncc(C(F)(F)F)c4)C[C@H]3c3ccccc3)CC2)c1=O. The molecule has 50 heavy (non-hydrogen) atoms. The van der Waals surface area contributed by atoms with Gasteiger partial charge in [0.25, 0.3) is 11.5 Å². The van der Waals surface area contributed by atoms with Gasteiger partial charge in [-0.2, -0.15) is 13.2 Å². The summed E-state index contributed by atoms with van der Waals surface area (Å²) in [5.74, 6) is -2.08. The van der Waals surface area contributed by atoms with Gasteiger partial charge in [-0.05, 0) is 55.2 Å². The number of carbonyl (C=O) groups excluding carboxylic acids is 2. The first kappa shape index (κ1) is 34.5. The number of ether oxygens (including phenoxy) is 1. The van der Waals surface area contributed by atoms with Crippen molar-refractivity contribution in [1.82, 2.24) is 24.3 Å². The van der Waals surface area contributed by atoms with Gasteiger partial charge in [-0.15, -0.1) is 0 Å². The molecule has 11 nitrogen and oxygen atoms in total. The lowest BCUT2D eigenvalue weighted by molar-refractivity contribution is -0.142. The molecule has 2 aliphatic heterocycles. The highest BCUT2D eigenvalue weighted by atomic mass is 19.4. The number of alkyl halides is 3. The van der Waals surface area contributed by atoms with E-state index in [1.165, 1.54) is 40.1 Å². The molecule has 4 heterocycles. The van der Waals surface area contributed by atoms with Crippen LogP contribution in [0.2, 0.25) is 0 Å². The second-order valence-corrected chi connectivity index (χ2v) is 12.6. The van der Waals surface area contributed by atoms with E-state index in [-0.39, 0.29) is 80.8 Å². The van der Waals surface area contributed by atoms with E-state index in [2.05, 4.69) is 9.97 Å². The van der Waals surface area contributed by atoms with Crippen LogP contribution in [0.1, 0.15) is 46.7 Å². The maximum atomic E-state index is 14.0. The van der Waals surface area contributed by atoms with Crippen molar-refractivity contribution >= 4 is 17.5 Å². The summed E-state index contributed by atoms with van der Waals surface area (Å²) in [4.78, 5) is 51.2. The number of aromatic nitrogens is 3. The number of nitrogens with two attached hydrogens (primary N) is 1. The Labute approximate surface area is 283 Å². The molecule has 0 unspecified atom stereocenters. The Balaban J connectivity index is 1.12. The summed E-state index contributed by atoms with van der Waals surface area (Å²) in [5.41, 5.74) is 3.36. The molecule has 2 fully saturated rings. The third-order valence-corrected chi connectivity index (χ3v) is 9.29. The van der Waals surface area contributed by atoms with Gasteiger partial charge in [-0.25, -0.2) is 9.37 Å². The van der Waals surface area contributed by atoms with E-state index in [0.29, 0.717) is 6.20 Å². The van der Waals surface area contributed by atoms with E-state index in [0.717, 1.165) is 17.8 Å². The van der Waals surface area contributed by atoms with Gasteiger partial charge in [0.2, 0.25) is 11.8 Å². The summed E-state index contributed by atoms with van der Waals surface area (Å²) in [6.07, 6.45) is -1.06. The van der Waals surface area contributed by atoms with Crippen LogP contribution in [0.5, 0.6) is 11.6 Å². The number of pyridine rings is 1. The first-order valence-corrected chi connectivity index (χ1v) is 16.0. The molecular weight excluding hydrogens is 660 g/mol. The number of nitrogen functional groups attached to an aromatic ring is 1. The Morgan fingerprint density at radius 1 is 1.00 bits per heavy atom. The normalized spacial score (nSPS) is 19.2. The molecule has 3 N–H and O–H groups in total. The second-order valence-electron chi connectivity index (χ2n) is 12.6. The van der Waals surface area contributed by atoms with Crippen LogP contribution in [0.15, 0.2) is 84.2 Å². The fraction of sp³-hybridized carbons (Fsp3) is 0.343. The molecule has 2 saturated heterocycles. The van der Waals surface area contributed by atoms with Gasteiger partial charge in [0.05, 0.1) is 23.3 Å². The van der Waals surface area contributed by atoms with Crippen molar-refractivity contribution in [3.8, 4) is 11.6 Å². The third-order valence-electron chi connectivity index (χ3n) is 9.29. The number of halogens is 4. The summed E-state index contributed by atoms with van der Waals surface area (Å²) in [5, 5.41) is 11.4. The van der Waals surface area contributed by atoms with Gasteiger partial charge in [0.1, 0.15) is 17.9 Å². The summed E-state index contributed by atoms with van der Waals surface area (Å²) >= 11 is 0. The van der Waals surface area contributed by atoms with E-state index in [1.807, 2.05) is 30.3 Å². The molecule has 0 saturated carbocycles. The molecular formula is C35H34F4N6O5. The molecule has 262 valence electrons. The second kappa shape index (κ2) is 13.9. The van der Waals surface area contributed by atoms with E-state index >= 15 is 0 Å². The van der Waals surface area contributed by atoms with Crippen molar-refractivity contribution in [2.24, 2.45) is 5.92 Å². The molecule has 0 radical (unpaired) electrons. The van der Waals surface area contributed by atoms with E-state index in [9.17, 15) is 37.1 Å². The number of amides is 2. The highest BCUT2D eigenvalue weighted by Crippen LogP contribution is 2.37. The topological polar surface area (TPSA) is 144 Å². The molecule has 0 spiro atoms. The van der Waals surface area contributed by atoms with Crippen molar-refractivity contribution in [3.05, 3.63) is 112 Å². The van der Waals surface area contributed by atoms with Crippen molar-refractivity contribution in [1.29, 1.82) is 0 Å². The van der Waals surface area contributed by atoms with Gasteiger partial charge in [-0.3, -0.25) is 23.9 Å². The van der Waals surface area contributed by atoms with Gasteiger partial charge in [-0.1, -0.05) is 30.3 Å². The fourth-order valence-corrected chi connectivity index (χ4v) is 6.52. The molecule has 15 heteroatoms. The largest absolute Gasteiger partial charge is 0.437 e. The number of nitrogens with zero attached hydrogens (tertiary/aromatic N) is 5. The smallest absolute Gasteiger partial charge is 0.417 e. The minimum absolute atomic E-state index is 0.117. The number of rotatable bonds is 7. The monoisotopic (exact) mass is 694 g/mol. The average molecular weight is 695 g/mol. The van der Waals surface area contributed by atoms with Crippen LogP contribution in [-0.2, 0) is 17.5 Å². The van der Waals surface area contributed by atoms with E-state index in [4.69, 9.17) is 10.5 Å². The molecule has 0 aliphatic carbocycles. The number of hydrogen-bond acceptors (Lipinski definition) is 8. The first-order chi connectivity index (χ1) is 23.8. The molecule has 6 rings (SSSR count). The van der Waals surface area contributed by atoms with Crippen LogP contribution >= 0.6 is 0 Å². The first-order valence-electron chi connectivity index (χ1n) is 16.0. The van der Waals surface area contributed by atoms with Crippen LogP contribution in [0.3, 0.4) is 0 Å². The number of carbonyl (C=O) groups is 2. The number of benzene rings is 2. The zero-order valence-electron chi connectivity index (χ0n) is 26.7. The van der Waals surface area contributed by atoms with Crippen molar-refractivity contribution in [2.75, 3.05) is 31.9 Å². The summed E-state index contributed by atoms with van der Waals surface area (Å²) in [6, 6.07) is 15.1. The maximum absolute atomic E-state index is 14.0. The number of anilines is 1. The predicted molar refractivity (Wildman–Crippen MR) is 173 cm³/mol. The van der Waals surface area contributed by atoms with Crippen molar-refractivity contribution < 1.29 is 37.0 Å². The third kappa shape index (κ3) is 7.47. The molecule has 2 atom stereocenters. The zero-order valence-corrected chi connectivity index (χ0v) is 26.7. The maximum Gasteiger partial charge on any atom is 0.417 e. The highest BCUT2D eigenvalue weighted by Gasteiger charge is 2.42. The lowest BCUT2D eigenvalue weighted by Crippen LogP contribution is -2.53. The molecule has 0 bridgehead atoms. The molecule has 2 aromatic heterocycles. The Morgan fingerprint density at radius 3 is 2.38 bits per heavy atom. The fourth-order valence-electron chi connectivity index (χ4n) is 6.52. The minimum Gasteiger partial charge on any atom is -0.437 e. The molecule has 2 aliphatic rings. The Morgan fingerprint density at radius 2 is 1.70 bits per heavy atom. The molecule has 2 aromatic carbocycles. The molecule has 4 aromatic rings. The summed E-state index contributed by atoms with van der Waals surface area (Å²) in [6.45, 7) is 0.556. The Kier molecular flexibility index (Phi) is 9.60. The zero-order chi connectivity index (χ0) is 35.6. The van der Waals surface area contributed by atoms with Crippen LogP contribution in [0.4, 0.5) is 23.2 Å². The average Bonchev–Trinajstić information content (AvgIpc) is 3.12. The highest BCUT2D eigenvalue weighted by molar-refractivity contribution is 5.94. The van der Waals surface area contributed by atoms with Crippen molar-refractivity contribution in [2.45, 2.75) is 43.5 Å². The van der Waals surface area contributed by atoms with Crippen LogP contribution in [0, 0.1) is 11.7 Å². The minimum atomic E-state index is -4.65. The summed E-state index contributed by atoms with van der Waals surface area (Å²) < 4.78 is 59.8. The number of piperidine rings is 2. The number of hydrogen-bond donors (Lipinski definition) is 2. The van der Waals surface area contributed by atoms with Crippen LogP contribution < -0.4 is 16.0 Å². The van der Waals surface area contributed by atoms with Gasteiger partial charge in [0.15, 0.2) is 5.69 Å². The lowest BCUT2D eigenvalue weighted by atomic mass is 9.79. The number of aliphatic hydroxyl groups is 1. The quantitative estimate of drug-likeness (QED) is 0.270. The Bertz CT molecular complexity index is 1910. The van der Waals surface area contributed by atoms with Gasteiger partial charge >= 0.3 is 6.18 Å². The Hall–Kier alpha value is -5.31. The van der Waals surface area contributed by atoms with Crippen LogP contribution in [0.25, 0.3) is 0 Å². The molecule has 2 amide bonds. The van der Waals surface area contributed by atoms with Crippen molar-refractivity contribution in [3.63, 3.8) is 0 Å². The van der Waals surface area contributed by atoms with Gasteiger partial charge < -0.3 is 25.4 Å². The predicted octanol–water partition coefficient (Wildman–Crippen LogP) is 4.47. The van der Waals surface area contributed by atoms with Gasteiger partial charge in [0, 0.05) is 50.4 Å². The summed E-state index contributed by atoms with van der Waals surface area (Å²) in [7, 11) is 0. The lowest BCUT2D eigenvalue weighted by Gasteiger charge is -2.43. The number of likely N-dealkylation sites (tertiary alicyclic amines) is 2. The van der Waals surface area contributed by atoms with E-state index < -0.39 is 46.5 Å². The standard InChI is InChI=1S/C35H34F4N6O5/c36-25-6-8-26(9-7-25)50-30-29(40)33(48)45(21-42-30)20-34(49)11-14-43(15-12-34)32(47)27-10-13-44(19-28(27)22-4-2-1-3-5-22)31(46)23-16-24(18-41-17-23)35(37,38)39/h1-9,16-18,21,27-28,49H,10-15,19-20,40H2/t27-,28+/m1/s1. The van der Waals surface area contributed by atoms with Crippen LogP contribution in [-0.4, -0.2) is 73.0 Å². The van der Waals surface area contributed by atoms with E-state index in [1.54, 1.807) is 4.90 Å².